The van der Waals surface area contributed by atoms with Gasteiger partial charge in [0.2, 0.25) is 5.91 Å². The van der Waals surface area contributed by atoms with Gasteiger partial charge in [-0.3, -0.25) is 20.0 Å². The quantitative estimate of drug-likeness (QED) is 0.727. The summed E-state index contributed by atoms with van der Waals surface area (Å²) in [6.07, 6.45) is 4.38. The standard InChI is InChI=1S/C15H23N5O2/c1-2-5-18-15(22)19-14(21)11-20-8-7-17-10-13(20)12-4-3-6-16-9-12/h3-4,6,9,13,17H,2,5,7-8,10-11H2,1H3,(H2,18,19,21,22). The molecule has 0 aromatic carbocycles. The first-order chi connectivity index (χ1) is 10.7. The fourth-order valence-electron chi connectivity index (χ4n) is 2.47. The molecular formula is C15H23N5O2. The van der Waals surface area contributed by atoms with Crippen molar-refractivity contribution in [2.75, 3.05) is 32.7 Å². The minimum atomic E-state index is -0.431. The van der Waals surface area contributed by atoms with E-state index in [-0.39, 0.29) is 18.5 Å². The van der Waals surface area contributed by atoms with Gasteiger partial charge in [-0.2, -0.15) is 0 Å². The Hall–Kier alpha value is -1.99. The summed E-state index contributed by atoms with van der Waals surface area (Å²) in [6, 6.07) is 3.55. The van der Waals surface area contributed by atoms with Crippen LogP contribution in [0.15, 0.2) is 24.5 Å². The van der Waals surface area contributed by atoms with Gasteiger partial charge in [0.25, 0.3) is 0 Å². The second-order valence-electron chi connectivity index (χ2n) is 5.28. The zero-order chi connectivity index (χ0) is 15.8. The number of aromatic nitrogens is 1. The molecule has 1 unspecified atom stereocenters. The number of carbonyl (C=O) groups is 2. The predicted octanol–water partition coefficient (Wildman–Crippen LogP) is 0.264. The lowest BCUT2D eigenvalue weighted by molar-refractivity contribution is -0.122. The number of hydrogen-bond acceptors (Lipinski definition) is 5. The van der Waals surface area contributed by atoms with Gasteiger partial charge in [0.05, 0.1) is 6.54 Å². The first-order valence-corrected chi connectivity index (χ1v) is 7.63. The van der Waals surface area contributed by atoms with Crippen molar-refractivity contribution in [2.45, 2.75) is 19.4 Å². The number of pyridine rings is 1. The van der Waals surface area contributed by atoms with Gasteiger partial charge >= 0.3 is 6.03 Å². The van der Waals surface area contributed by atoms with Crippen molar-refractivity contribution < 1.29 is 9.59 Å². The third-order valence-electron chi connectivity index (χ3n) is 3.56. The van der Waals surface area contributed by atoms with E-state index in [1.807, 2.05) is 25.3 Å². The molecule has 1 fully saturated rings. The Kier molecular flexibility index (Phi) is 6.29. The van der Waals surface area contributed by atoms with E-state index in [0.717, 1.165) is 31.6 Å². The molecule has 1 saturated heterocycles. The minimum absolute atomic E-state index is 0.0897. The Labute approximate surface area is 130 Å². The fourth-order valence-corrected chi connectivity index (χ4v) is 2.47. The Balaban J connectivity index is 1.91. The third-order valence-corrected chi connectivity index (χ3v) is 3.56. The predicted molar refractivity (Wildman–Crippen MR) is 83.3 cm³/mol. The third kappa shape index (κ3) is 4.78. The van der Waals surface area contributed by atoms with Gasteiger partial charge in [-0.15, -0.1) is 0 Å². The van der Waals surface area contributed by atoms with Crippen LogP contribution in [0, 0.1) is 0 Å². The number of rotatable bonds is 5. The minimum Gasteiger partial charge on any atom is -0.338 e. The van der Waals surface area contributed by atoms with Crippen LogP contribution in [0.5, 0.6) is 0 Å². The Morgan fingerprint density at radius 3 is 3.09 bits per heavy atom. The van der Waals surface area contributed by atoms with Crippen LogP contribution >= 0.6 is 0 Å². The molecule has 7 nitrogen and oxygen atoms in total. The molecule has 22 heavy (non-hydrogen) atoms. The molecule has 0 radical (unpaired) electrons. The van der Waals surface area contributed by atoms with Crippen LogP contribution in [0.4, 0.5) is 4.79 Å². The first-order valence-electron chi connectivity index (χ1n) is 7.63. The monoisotopic (exact) mass is 305 g/mol. The maximum atomic E-state index is 12.0. The lowest BCUT2D eigenvalue weighted by Gasteiger charge is -2.35. The van der Waals surface area contributed by atoms with Crippen molar-refractivity contribution in [3.63, 3.8) is 0 Å². The number of urea groups is 1. The highest BCUT2D eigenvalue weighted by Gasteiger charge is 2.26. The van der Waals surface area contributed by atoms with Crippen LogP contribution in [-0.4, -0.2) is 54.5 Å². The molecule has 0 saturated carbocycles. The van der Waals surface area contributed by atoms with E-state index in [2.05, 4.69) is 25.8 Å². The van der Waals surface area contributed by atoms with Crippen LogP contribution in [0.25, 0.3) is 0 Å². The van der Waals surface area contributed by atoms with Gasteiger partial charge in [0.15, 0.2) is 0 Å². The highest BCUT2D eigenvalue weighted by atomic mass is 16.2. The van der Waals surface area contributed by atoms with Crippen molar-refractivity contribution in [2.24, 2.45) is 0 Å². The number of nitrogens with one attached hydrogen (secondary N) is 3. The molecule has 3 N–H and O–H groups in total. The number of amides is 3. The van der Waals surface area contributed by atoms with E-state index >= 15 is 0 Å². The maximum Gasteiger partial charge on any atom is 0.321 e. The van der Waals surface area contributed by atoms with Gasteiger partial charge in [-0.25, -0.2) is 4.79 Å². The van der Waals surface area contributed by atoms with Crippen LogP contribution in [0.3, 0.4) is 0 Å². The second kappa shape index (κ2) is 8.45. The van der Waals surface area contributed by atoms with Crippen LogP contribution in [-0.2, 0) is 4.79 Å². The van der Waals surface area contributed by atoms with Crippen molar-refractivity contribution >= 4 is 11.9 Å². The zero-order valence-corrected chi connectivity index (χ0v) is 12.8. The summed E-state index contributed by atoms with van der Waals surface area (Å²) in [4.78, 5) is 29.7. The molecule has 1 aromatic rings. The van der Waals surface area contributed by atoms with Gasteiger partial charge in [-0.05, 0) is 18.1 Å². The van der Waals surface area contributed by atoms with E-state index < -0.39 is 6.03 Å². The fraction of sp³-hybridized carbons (Fsp3) is 0.533. The molecule has 3 amide bonds. The highest BCUT2D eigenvalue weighted by molar-refractivity contribution is 5.95. The Morgan fingerprint density at radius 2 is 2.36 bits per heavy atom. The topological polar surface area (TPSA) is 86.4 Å². The molecule has 1 atom stereocenters. The second-order valence-corrected chi connectivity index (χ2v) is 5.28. The first kappa shape index (κ1) is 16.4. The lowest BCUT2D eigenvalue weighted by Crippen LogP contribution is -2.51. The highest BCUT2D eigenvalue weighted by Crippen LogP contribution is 2.20. The summed E-state index contributed by atoms with van der Waals surface area (Å²) in [5.41, 5.74) is 1.07. The molecule has 1 aliphatic heterocycles. The Morgan fingerprint density at radius 1 is 1.50 bits per heavy atom. The van der Waals surface area contributed by atoms with Crippen molar-refractivity contribution in [1.29, 1.82) is 0 Å². The SMILES string of the molecule is CCCNC(=O)NC(=O)CN1CCNCC1c1cccnc1. The van der Waals surface area contributed by atoms with E-state index in [4.69, 9.17) is 0 Å². The summed E-state index contributed by atoms with van der Waals surface area (Å²) < 4.78 is 0. The number of nitrogens with zero attached hydrogens (tertiary/aromatic N) is 2. The molecule has 1 aromatic heterocycles. The van der Waals surface area contributed by atoms with Gasteiger partial charge in [-0.1, -0.05) is 13.0 Å². The molecule has 120 valence electrons. The van der Waals surface area contributed by atoms with Gasteiger partial charge in [0.1, 0.15) is 0 Å². The number of piperazine rings is 1. The summed E-state index contributed by atoms with van der Waals surface area (Å²) in [5, 5.41) is 8.32. The van der Waals surface area contributed by atoms with E-state index in [0.29, 0.717) is 6.54 Å². The summed E-state index contributed by atoms with van der Waals surface area (Å²) >= 11 is 0. The molecule has 7 heteroatoms. The van der Waals surface area contributed by atoms with Gasteiger partial charge < -0.3 is 10.6 Å². The number of hydrogen-bond donors (Lipinski definition) is 3. The molecule has 0 bridgehead atoms. The molecule has 0 spiro atoms. The van der Waals surface area contributed by atoms with Crippen LogP contribution in [0.1, 0.15) is 24.9 Å². The lowest BCUT2D eigenvalue weighted by atomic mass is 10.1. The molecule has 0 aliphatic carbocycles. The molecule has 2 rings (SSSR count). The molecule has 2 heterocycles. The van der Waals surface area contributed by atoms with E-state index in [1.54, 1.807) is 6.20 Å². The van der Waals surface area contributed by atoms with E-state index in [1.165, 1.54) is 0 Å². The summed E-state index contributed by atoms with van der Waals surface area (Å²) in [5.74, 6) is -0.288. The summed E-state index contributed by atoms with van der Waals surface area (Å²) in [6.45, 7) is 5.06. The van der Waals surface area contributed by atoms with Crippen LogP contribution < -0.4 is 16.0 Å². The average Bonchev–Trinajstić information content (AvgIpc) is 2.54. The smallest absolute Gasteiger partial charge is 0.321 e. The zero-order valence-electron chi connectivity index (χ0n) is 12.8. The normalized spacial score (nSPS) is 18.7. The van der Waals surface area contributed by atoms with Gasteiger partial charge in [0, 0.05) is 44.6 Å². The van der Waals surface area contributed by atoms with Crippen molar-refractivity contribution in [1.82, 2.24) is 25.8 Å². The summed E-state index contributed by atoms with van der Waals surface area (Å²) in [7, 11) is 0. The Bertz CT molecular complexity index is 494. The molecule has 1 aliphatic rings. The van der Waals surface area contributed by atoms with Crippen LogP contribution in [0.2, 0.25) is 0 Å². The maximum absolute atomic E-state index is 12.0. The van der Waals surface area contributed by atoms with Crippen molar-refractivity contribution in [3.8, 4) is 0 Å². The van der Waals surface area contributed by atoms with Crippen molar-refractivity contribution in [3.05, 3.63) is 30.1 Å². The number of imide groups is 1. The molecular weight excluding hydrogens is 282 g/mol. The number of carbonyl (C=O) groups excluding carboxylic acids is 2. The average molecular weight is 305 g/mol. The van der Waals surface area contributed by atoms with E-state index in [9.17, 15) is 9.59 Å². The largest absolute Gasteiger partial charge is 0.338 e.